The van der Waals surface area contributed by atoms with Gasteiger partial charge in [-0.1, -0.05) is 47.3 Å². The molecule has 0 spiro atoms. The van der Waals surface area contributed by atoms with E-state index in [9.17, 15) is 9.59 Å². The van der Waals surface area contributed by atoms with Crippen molar-refractivity contribution in [2.45, 2.75) is 39.0 Å². The summed E-state index contributed by atoms with van der Waals surface area (Å²) in [5.74, 6) is 0.696. The molecule has 0 saturated heterocycles. The van der Waals surface area contributed by atoms with Gasteiger partial charge in [0.1, 0.15) is 11.3 Å². The highest BCUT2D eigenvalue weighted by atomic mass is 79.9. The number of anilines is 2. The number of aromatic nitrogens is 2. The first-order valence-electron chi connectivity index (χ1n) is 10.6. The third kappa shape index (κ3) is 5.07. The molecule has 1 fully saturated rings. The van der Waals surface area contributed by atoms with Crippen molar-refractivity contribution in [1.29, 1.82) is 0 Å². The van der Waals surface area contributed by atoms with Crippen LogP contribution in [0.25, 0.3) is 22.4 Å². The van der Waals surface area contributed by atoms with Gasteiger partial charge in [-0.05, 0) is 44.0 Å². The molecule has 1 aliphatic carbocycles. The molecule has 3 N–H and O–H groups in total. The summed E-state index contributed by atoms with van der Waals surface area (Å²) in [6, 6.07) is 11.3. The van der Waals surface area contributed by atoms with Gasteiger partial charge in [-0.2, -0.15) is 0 Å². The Morgan fingerprint density at radius 1 is 1.13 bits per heavy atom. The van der Waals surface area contributed by atoms with Crippen LogP contribution in [0.5, 0.6) is 0 Å². The molecular formula is C23H25BrN4O3. The van der Waals surface area contributed by atoms with Crippen molar-refractivity contribution in [3.8, 4) is 11.4 Å². The third-order valence-corrected chi connectivity index (χ3v) is 5.99. The van der Waals surface area contributed by atoms with E-state index in [-0.39, 0.29) is 18.4 Å². The topological polar surface area (TPSA) is 96.1 Å². The first kappa shape index (κ1) is 21.4. The van der Waals surface area contributed by atoms with Crippen LogP contribution in [0.2, 0.25) is 0 Å². The van der Waals surface area contributed by atoms with E-state index in [1.165, 1.54) is 6.42 Å². The van der Waals surface area contributed by atoms with E-state index < -0.39 is 6.09 Å². The van der Waals surface area contributed by atoms with Crippen molar-refractivity contribution in [3.63, 3.8) is 0 Å². The van der Waals surface area contributed by atoms with Crippen LogP contribution in [0.15, 0.2) is 40.9 Å². The number of H-pyrrole nitrogens is 1. The van der Waals surface area contributed by atoms with Crippen LogP contribution in [0.1, 0.15) is 39.0 Å². The molecule has 0 bridgehead atoms. The highest BCUT2D eigenvalue weighted by Gasteiger charge is 2.23. The summed E-state index contributed by atoms with van der Waals surface area (Å²) < 4.78 is 5.97. The molecule has 7 nitrogen and oxygen atoms in total. The number of imidazole rings is 1. The lowest BCUT2D eigenvalue weighted by atomic mass is 9.88. The average Bonchev–Trinajstić information content (AvgIpc) is 3.19. The van der Waals surface area contributed by atoms with E-state index in [4.69, 9.17) is 9.72 Å². The Morgan fingerprint density at radius 3 is 2.58 bits per heavy atom. The normalized spacial score (nSPS) is 14.4. The number of rotatable bonds is 5. The van der Waals surface area contributed by atoms with E-state index in [1.807, 2.05) is 24.3 Å². The quantitative estimate of drug-likeness (QED) is 0.408. The Hall–Kier alpha value is -2.87. The van der Waals surface area contributed by atoms with Crippen molar-refractivity contribution < 1.29 is 14.3 Å². The molecule has 1 aromatic heterocycles. The smallest absolute Gasteiger partial charge is 0.411 e. The molecule has 0 unspecified atom stereocenters. The van der Waals surface area contributed by atoms with Crippen LogP contribution in [0.4, 0.5) is 16.2 Å². The number of hydrogen-bond donors (Lipinski definition) is 3. The standard InChI is InChI=1S/C23H25BrN4O3/c1-2-31-23(30)25-17-12-18-20(28-21(26-18)14-8-10-16(24)11-9-14)19(13-17)27-22(29)15-6-4-3-5-7-15/h8-13,15H,2-7H2,1H3,(H,25,30)(H,26,28)(H,27,29). The molecule has 1 saturated carbocycles. The number of nitrogens with zero attached hydrogens (tertiary/aromatic N) is 1. The fraction of sp³-hybridized carbons (Fsp3) is 0.348. The van der Waals surface area contributed by atoms with E-state index in [0.717, 1.165) is 35.7 Å². The van der Waals surface area contributed by atoms with Gasteiger partial charge >= 0.3 is 6.09 Å². The molecule has 0 aliphatic heterocycles. The predicted octanol–water partition coefficient (Wildman–Crippen LogP) is 6.08. The minimum absolute atomic E-state index is 0.00229. The van der Waals surface area contributed by atoms with Gasteiger partial charge < -0.3 is 15.0 Å². The van der Waals surface area contributed by atoms with Gasteiger partial charge in [0.25, 0.3) is 0 Å². The Morgan fingerprint density at radius 2 is 1.87 bits per heavy atom. The maximum atomic E-state index is 12.9. The number of nitrogens with one attached hydrogen (secondary N) is 3. The number of carbonyl (C=O) groups excluding carboxylic acids is 2. The molecule has 2 aromatic carbocycles. The largest absolute Gasteiger partial charge is 0.450 e. The Balaban J connectivity index is 1.70. The number of halogens is 1. The fourth-order valence-corrected chi connectivity index (χ4v) is 4.18. The Labute approximate surface area is 189 Å². The van der Waals surface area contributed by atoms with Crippen molar-refractivity contribution in [3.05, 3.63) is 40.9 Å². The predicted molar refractivity (Wildman–Crippen MR) is 125 cm³/mol. The number of aromatic amines is 1. The van der Waals surface area contributed by atoms with Gasteiger partial charge in [-0.15, -0.1) is 0 Å². The number of hydrogen-bond acceptors (Lipinski definition) is 4. The lowest BCUT2D eigenvalue weighted by molar-refractivity contribution is -0.120. The third-order valence-electron chi connectivity index (χ3n) is 5.46. The molecule has 0 radical (unpaired) electrons. The monoisotopic (exact) mass is 484 g/mol. The number of benzene rings is 2. The maximum Gasteiger partial charge on any atom is 0.411 e. The molecular weight excluding hydrogens is 460 g/mol. The van der Waals surface area contributed by atoms with E-state index in [2.05, 4.69) is 31.5 Å². The lowest BCUT2D eigenvalue weighted by Gasteiger charge is -2.21. The zero-order chi connectivity index (χ0) is 21.8. The molecule has 2 amide bonds. The van der Waals surface area contributed by atoms with Crippen LogP contribution in [-0.2, 0) is 9.53 Å². The van der Waals surface area contributed by atoms with Gasteiger partial charge in [0, 0.05) is 21.6 Å². The van der Waals surface area contributed by atoms with Crippen molar-refractivity contribution in [2.24, 2.45) is 5.92 Å². The van der Waals surface area contributed by atoms with Crippen molar-refractivity contribution >= 4 is 50.3 Å². The molecule has 1 heterocycles. The minimum atomic E-state index is -0.543. The first-order valence-corrected chi connectivity index (χ1v) is 11.4. The maximum absolute atomic E-state index is 12.9. The minimum Gasteiger partial charge on any atom is -0.450 e. The second-order valence-corrected chi connectivity index (χ2v) is 8.60. The molecule has 0 atom stereocenters. The first-order chi connectivity index (χ1) is 15.0. The van der Waals surface area contributed by atoms with Crippen molar-refractivity contribution in [2.75, 3.05) is 17.2 Å². The van der Waals surface area contributed by atoms with Gasteiger partial charge in [-0.3, -0.25) is 10.1 Å². The molecule has 8 heteroatoms. The summed E-state index contributed by atoms with van der Waals surface area (Å²) in [7, 11) is 0. The summed E-state index contributed by atoms with van der Waals surface area (Å²) >= 11 is 3.44. The number of ether oxygens (including phenoxy) is 1. The molecule has 162 valence electrons. The van der Waals surface area contributed by atoms with Crippen LogP contribution < -0.4 is 10.6 Å². The van der Waals surface area contributed by atoms with Gasteiger partial charge in [0.2, 0.25) is 5.91 Å². The lowest BCUT2D eigenvalue weighted by Crippen LogP contribution is -2.25. The van der Waals surface area contributed by atoms with Gasteiger partial charge in [0.15, 0.2) is 0 Å². The zero-order valence-electron chi connectivity index (χ0n) is 17.3. The summed E-state index contributed by atoms with van der Waals surface area (Å²) in [6.45, 7) is 2.02. The summed E-state index contributed by atoms with van der Waals surface area (Å²) in [4.78, 5) is 32.9. The second kappa shape index (κ2) is 9.51. The van der Waals surface area contributed by atoms with E-state index in [1.54, 1.807) is 19.1 Å². The summed E-state index contributed by atoms with van der Waals surface area (Å²) in [5, 5.41) is 5.77. The molecule has 3 aromatic rings. The van der Waals surface area contributed by atoms with Gasteiger partial charge in [0.05, 0.1) is 17.8 Å². The second-order valence-electron chi connectivity index (χ2n) is 7.68. The highest BCUT2D eigenvalue weighted by molar-refractivity contribution is 9.10. The van der Waals surface area contributed by atoms with Crippen molar-refractivity contribution in [1.82, 2.24) is 9.97 Å². The van der Waals surface area contributed by atoms with E-state index in [0.29, 0.717) is 28.2 Å². The fourth-order valence-electron chi connectivity index (χ4n) is 3.91. The van der Waals surface area contributed by atoms with E-state index >= 15 is 0 Å². The molecule has 1 aliphatic rings. The Kier molecular flexibility index (Phi) is 6.56. The number of fused-ring (bicyclic) bond motifs is 1. The Bertz CT molecular complexity index is 1090. The number of amides is 2. The van der Waals surface area contributed by atoms with Crippen LogP contribution in [0.3, 0.4) is 0 Å². The number of carbonyl (C=O) groups is 2. The molecule has 4 rings (SSSR count). The zero-order valence-corrected chi connectivity index (χ0v) is 18.9. The van der Waals surface area contributed by atoms with Gasteiger partial charge in [-0.25, -0.2) is 9.78 Å². The SMILES string of the molecule is CCOC(=O)Nc1cc(NC(=O)C2CCCCC2)c2nc(-c3ccc(Br)cc3)[nH]c2c1. The molecule has 31 heavy (non-hydrogen) atoms. The average molecular weight is 485 g/mol. The van der Waals surface area contributed by atoms with Crippen LogP contribution in [-0.4, -0.2) is 28.6 Å². The summed E-state index contributed by atoms with van der Waals surface area (Å²) in [5.41, 5.74) is 3.38. The highest BCUT2D eigenvalue weighted by Crippen LogP contribution is 2.32. The van der Waals surface area contributed by atoms with Crippen LogP contribution >= 0.6 is 15.9 Å². The summed E-state index contributed by atoms with van der Waals surface area (Å²) in [6.07, 6.45) is 4.60. The van der Waals surface area contributed by atoms with Crippen LogP contribution in [0, 0.1) is 5.92 Å².